The Bertz CT molecular complexity index is 1310. The van der Waals surface area contributed by atoms with Gasteiger partial charge in [-0.05, 0) is 55.0 Å². The largest absolute Gasteiger partial charge is 0.426 e. The van der Waals surface area contributed by atoms with Crippen molar-refractivity contribution in [3.05, 3.63) is 83.7 Å². The monoisotopic (exact) mass is 432 g/mol. The molecule has 0 radical (unpaired) electrons. The second-order valence-corrected chi connectivity index (χ2v) is 7.18. The lowest BCUT2D eigenvalue weighted by molar-refractivity contribution is -0.111. The fraction of sp³-hybridized carbons (Fsp3) is 0.0833. The van der Waals surface area contributed by atoms with Gasteiger partial charge in [-0.25, -0.2) is 9.37 Å². The fourth-order valence-electron chi connectivity index (χ4n) is 3.23. The zero-order valence-corrected chi connectivity index (χ0v) is 17.5. The fourth-order valence-corrected chi connectivity index (χ4v) is 3.23. The molecule has 4 aromatic rings. The molecule has 0 fully saturated rings. The molecule has 162 valence electrons. The second-order valence-electron chi connectivity index (χ2n) is 7.18. The standard InChI is InChI=1S/C24H21FN4O3/c1-15-3-5-16(6-4-15)7-12-23(30)26-17-8-10-19(20(25)13-17)24-27-21-11-9-18(28-32-2)14-22(21)29(24)31/h3-14,28,31H,1-2H3,(H,26,30)/b12-7+. The van der Waals surface area contributed by atoms with Gasteiger partial charge in [0.25, 0.3) is 0 Å². The number of hydrogen-bond acceptors (Lipinski definition) is 5. The Morgan fingerprint density at radius 3 is 2.56 bits per heavy atom. The number of aromatic nitrogens is 2. The van der Waals surface area contributed by atoms with Crippen molar-refractivity contribution >= 4 is 34.4 Å². The summed E-state index contributed by atoms with van der Waals surface area (Å²) in [5.41, 5.74) is 6.55. The number of anilines is 2. The van der Waals surface area contributed by atoms with Crippen molar-refractivity contribution in [3.63, 3.8) is 0 Å². The van der Waals surface area contributed by atoms with Crippen molar-refractivity contribution in [2.24, 2.45) is 0 Å². The zero-order valence-electron chi connectivity index (χ0n) is 17.5. The predicted molar refractivity (Wildman–Crippen MR) is 122 cm³/mol. The van der Waals surface area contributed by atoms with Gasteiger partial charge in [0, 0.05) is 11.8 Å². The van der Waals surface area contributed by atoms with Gasteiger partial charge in [0.15, 0.2) is 5.82 Å². The maximum absolute atomic E-state index is 14.8. The Kier molecular flexibility index (Phi) is 5.87. The van der Waals surface area contributed by atoms with E-state index in [2.05, 4.69) is 15.8 Å². The quantitative estimate of drug-likeness (QED) is 0.226. The number of aryl methyl sites for hydroxylation is 1. The minimum Gasteiger partial charge on any atom is -0.426 e. The molecule has 1 heterocycles. The van der Waals surface area contributed by atoms with Gasteiger partial charge < -0.3 is 10.5 Å². The molecule has 0 saturated heterocycles. The molecule has 3 N–H and O–H groups in total. The first-order chi connectivity index (χ1) is 15.4. The van der Waals surface area contributed by atoms with Crippen molar-refractivity contribution in [1.29, 1.82) is 0 Å². The lowest BCUT2D eigenvalue weighted by Gasteiger charge is -2.07. The predicted octanol–water partition coefficient (Wildman–Crippen LogP) is 5.01. The molecule has 7 nitrogen and oxygen atoms in total. The third-order valence-electron chi connectivity index (χ3n) is 4.83. The van der Waals surface area contributed by atoms with Crippen LogP contribution in [0.25, 0.3) is 28.5 Å². The van der Waals surface area contributed by atoms with Gasteiger partial charge in [-0.15, -0.1) is 0 Å². The Morgan fingerprint density at radius 1 is 1.09 bits per heavy atom. The van der Waals surface area contributed by atoms with Gasteiger partial charge in [0.1, 0.15) is 11.3 Å². The first-order valence-electron chi connectivity index (χ1n) is 9.81. The van der Waals surface area contributed by atoms with Crippen LogP contribution >= 0.6 is 0 Å². The van der Waals surface area contributed by atoms with Crippen LogP contribution < -0.4 is 10.8 Å². The first-order valence-corrected chi connectivity index (χ1v) is 9.81. The number of carbonyl (C=O) groups is 1. The maximum atomic E-state index is 14.8. The van der Waals surface area contributed by atoms with E-state index >= 15 is 0 Å². The molecule has 1 aromatic heterocycles. The molecule has 4 rings (SSSR count). The number of imidazole rings is 1. The zero-order chi connectivity index (χ0) is 22.7. The minimum absolute atomic E-state index is 0.0456. The highest BCUT2D eigenvalue weighted by Gasteiger charge is 2.17. The molecule has 0 spiro atoms. The second kappa shape index (κ2) is 8.91. The molecule has 0 atom stereocenters. The average Bonchev–Trinajstić information content (AvgIpc) is 3.09. The molecule has 0 aliphatic heterocycles. The summed E-state index contributed by atoms with van der Waals surface area (Å²) in [6.07, 6.45) is 3.07. The number of fused-ring (bicyclic) bond motifs is 1. The molecular weight excluding hydrogens is 411 g/mol. The Morgan fingerprint density at radius 2 is 1.84 bits per heavy atom. The minimum atomic E-state index is -0.633. The van der Waals surface area contributed by atoms with E-state index in [4.69, 9.17) is 4.84 Å². The Labute approximate surface area is 183 Å². The number of rotatable bonds is 6. The SMILES string of the molecule is CONc1ccc2nc(-c3ccc(NC(=O)/C=C/c4ccc(C)cc4)cc3F)n(O)c2c1. The van der Waals surface area contributed by atoms with Crippen LogP contribution in [-0.2, 0) is 9.63 Å². The van der Waals surface area contributed by atoms with E-state index < -0.39 is 5.82 Å². The number of carbonyl (C=O) groups excluding carboxylic acids is 1. The molecule has 0 bridgehead atoms. The maximum Gasteiger partial charge on any atom is 0.248 e. The van der Waals surface area contributed by atoms with E-state index in [0.29, 0.717) is 16.7 Å². The van der Waals surface area contributed by atoms with E-state index in [1.807, 2.05) is 31.2 Å². The molecule has 1 amide bonds. The summed E-state index contributed by atoms with van der Waals surface area (Å²) >= 11 is 0. The van der Waals surface area contributed by atoms with Crippen molar-refractivity contribution < 1.29 is 19.2 Å². The van der Waals surface area contributed by atoms with Gasteiger partial charge in [0.05, 0.1) is 23.9 Å². The Hall–Kier alpha value is -4.17. The van der Waals surface area contributed by atoms with Crippen molar-refractivity contribution in [1.82, 2.24) is 9.71 Å². The average molecular weight is 432 g/mol. The summed E-state index contributed by atoms with van der Waals surface area (Å²) in [4.78, 5) is 21.4. The van der Waals surface area contributed by atoms with E-state index in [-0.39, 0.29) is 23.0 Å². The van der Waals surface area contributed by atoms with E-state index in [9.17, 15) is 14.4 Å². The Balaban J connectivity index is 1.53. The van der Waals surface area contributed by atoms with Gasteiger partial charge >= 0.3 is 0 Å². The van der Waals surface area contributed by atoms with Crippen LogP contribution in [0.3, 0.4) is 0 Å². The third-order valence-corrected chi connectivity index (χ3v) is 4.83. The van der Waals surface area contributed by atoms with E-state index in [1.165, 1.54) is 25.3 Å². The molecule has 3 aromatic carbocycles. The first kappa shape index (κ1) is 21.1. The highest BCUT2D eigenvalue weighted by Crippen LogP contribution is 2.29. The van der Waals surface area contributed by atoms with Gasteiger partial charge in [-0.3, -0.25) is 15.1 Å². The summed E-state index contributed by atoms with van der Waals surface area (Å²) in [5.74, 6) is -0.972. The summed E-state index contributed by atoms with van der Waals surface area (Å²) in [6.45, 7) is 1.99. The highest BCUT2D eigenvalue weighted by atomic mass is 19.1. The topological polar surface area (TPSA) is 88.4 Å². The summed E-state index contributed by atoms with van der Waals surface area (Å²) in [6, 6.07) is 16.9. The number of nitrogens with zero attached hydrogens (tertiary/aromatic N) is 2. The van der Waals surface area contributed by atoms with E-state index in [1.54, 1.807) is 30.3 Å². The van der Waals surface area contributed by atoms with Crippen LogP contribution in [0.4, 0.5) is 15.8 Å². The van der Waals surface area contributed by atoms with Gasteiger partial charge in [0.2, 0.25) is 5.91 Å². The van der Waals surface area contributed by atoms with Crippen LogP contribution in [0.2, 0.25) is 0 Å². The highest BCUT2D eigenvalue weighted by molar-refractivity contribution is 6.02. The van der Waals surface area contributed by atoms with E-state index in [0.717, 1.165) is 15.9 Å². The summed E-state index contributed by atoms with van der Waals surface area (Å²) in [7, 11) is 1.47. The molecule has 8 heteroatoms. The van der Waals surface area contributed by atoms with Crippen LogP contribution in [0, 0.1) is 12.7 Å². The normalized spacial score (nSPS) is 11.2. The molecule has 0 unspecified atom stereocenters. The lowest BCUT2D eigenvalue weighted by atomic mass is 10.1. The number of amides is 1. The van der Waals surface area contributed by atoms with Gasteiger partial charge in [-0.2, -0.15) is 4.73 Å². The molecule has 0 aliphatic carbocycles. The molecule has 0 aliphatic rings. The molecule has 0 saturated carbocycles. The third kappa shape index (κ3) is 4.45. The number of halogens is 1. The summed E-state index contributed by atoms with van der Waals surface area (Å²) in [5, 5.41) is 13.1. The lowest BCUT2D eigenvalue weighted by Crippen LogP contribution is -2.08. The van der Waals surface area contributed by atoms with Crippen LogP contribution in [0.5, 0.6) is 0 Å². The molecule has 32 heavy (non-hydrogen) atoms. The number of nitrogens with one attached hydrogen (secondary N) is 2. The smallest absolute Gasteiger partial charge is 0.248 e. The number of benzene rings is 3. The van der Waals surface area contributed by atoms with Crippen LogP contribution in [-0.4, -0.2) is 27.9 Å². The molecular formula is C24H21FN4O3. The van der Waals surface area contributed by atoms with Crippen LogP contribution in [0.15, 0.2) is 66.7 Å². The van der Waals surface area contributed by atoms with Gasteiger partial charge in [-0.1, -0.05) is 29.8 Å². The van der Waals surface area contributed by atoms with Crippen molar-refractivity contribution in [2.75, 3.05) is 17.9 Å². The number of hydrogen-bond donors (Lipinski definition) is 3. The van der Waals surface area contributed by atoms with Crippen LogP contribution in [0.1, 0.15) is 11.1 Å². The van der Waals surface area contributed by atoms with Crippen molar-refractivity contribution in [3.8, 4) is 11.4 Å². The summed E-state index contributed by atoms with van der Waals surface area (Å²) < 4.78 is 15.6. The van der Waals surface area contributed by atoms with Crippen molar-refractivity contribution in [2.45, 2.75) is 6.92 Å².